The molecule has 0 nitrogen and oxygen atoms in total. The van der Waals surface area contributed by atoms with Gasteiger partial charge in [0.15, 0.2) is 0 Å². The van der Waals surface area contributed by atoms with Gasteiger partial charge in [-0.05, 0) is 6.42 Å². The lowest BCUT2D eigenvalue weighted by atomic mass is 10.2. The molecule has 0 spiro atoms. The number of unbranched alkanes of at least 4 members (excludes halogenated alkanes) is 3. The predicted molar refractivity (Wildman–Crippen MR) is 177 cm³/mol. The van der Waals surface area contributed by atoms with Crippen molar-refractivity contribution < 1.29 is 0 Å². The van der Waals surface area contributed by atoms with E-state index in [0.29, 0.717) is 0 Å². The van der Waals surface area contributed by atoms with Crippen LogP contribution in [0, 0.1) is 0 Å². The molecule has 0 aliphatic carbocycles. The van der Waals surface area contributed by atoms with Crippen LogP contribution in [-0.2, 0) is 0 Å². The first-order chi connectivity index (χ1) is 15.6. The molecular formula is C15H30Cl18. The van der Waals surface area contributed by atoms with E-state index in [9.17, 15) is 0 Å². The Balaban J connectivity index is -0.0000000297. The van der Waals surface area contributed by atoms with Gasteiger partial charge in [-0.3, -0.25) is 0 Å². The van der Waals surface area contributed by atoms with Gasteiger partial charge in [-0.1, -0.05) is 32.6 Å². The Bertz CT molecular complexity index is 135. The molecule has 0 aliphatic heterocycles. The zero-order valence-corrected chi connectivity index (χ0v) is 31.2. The van der Waals surface area contributed by atoms with Crippen LogP contribution in [0.5, 0.6) is 0 Å². The lowest BCUT2D eigenvalue weighted by Gasteiger charge is -1.98. The molecule has 0 heterocycles. The molecule has 0 bridgehead atoms. The van der Waals surface area contributed by atoms with Gasteiger partial charge in [-0.2, -0.15) is 0 Å². The second-order valence-electron chi connectivity index (χ2n) is 3.05. The van der Waals surface area contributed by atoms with Crippen LogP contribution in [0.4, 0.5) is 0 Å². The van der Waals surface area contributed by atoms with Crippen LogP contribution >= 0.6 is 209 Å². The molecular weight excluding hydrogens is 818 g/mol. The average molecular weight is 849 g/mol. The molecule has 0 N–H and O–H groups in total. The van der Waals surface area contributed by atoms with E-state index in [0.717, 1.165) is 6.42 Å². The van der Waals surface area contributed by atoms with Crippen LogP contribution in [0.2, 0.25) is 0 Å². The van der Waals surface area contributed by atoms with Gasteiger partial charge in [0.1, 0.15) is 4.84 Å². The highest BCUT2D eigenvalue weighted by molar-refractivity contribution is 6.44. The quantitative estimate of drug-likeness (QED) is 0.191. The van der Waals surface area contributed by atoms with Crippen molar-refractivity contribution in [2.75, 3.05) is 42.7 Å². The van der Waals surface area contributed by atoms with E-state index in [1.807, 2.05) is 0 Å². The van der Waals surface area contributed by atoms with Crippen molar-refractivity contribution in [1.29, 1.82) is 0 Å². The molecule has 0 aromatic rings. The van der Waals surface area contributed by atoms with Crippen molar-refractivity contribution in [3.8, 4) is 0 Å². The maximum Gasteiger partial charge on any atom is 0.107 e. The van der Waals surface area contributed by atoms with Gasteiger partial charge >= 0.3 is 0 Å². The minimum atomic E-state index is -0.151. The first-order valence-corrected chi connectivity index (χ1v) is 17.3. The van der Waals surface area contributed by atoms with Crippen molar-refractivity contribution in [2.24, 2.45) is 0 Å². The molecule has 18 heteroatoms. The number of hydrogen-bond acceptors (Lipinski definition) is 0. The third kappa shape index (κ3) is 367. The van der Waals surface area contributed by atoms with E-state index < -0.39 is 0 Å². The van der Waals surface area contributed by atoms with Crippen molar-refractivity contribution in [2.45, 2.75) is 43.9 Å². The van der Waals surface area contributed by atoms with E-state index in [4.69, 9.17) is 209 Å². The van der Waals surface area contributed by atoms with Crippen molar-refractivity contribution in [3.63, 3.8) is 0 Å². The Hall–Kier alpha value is 5.22. The number of rotatable bonds is 5. The summed E-state index contributed by atoms with van der Waals surface area (Å²) in [6.45, 7) is 2.19. The average Bonchev–Trinajstić information content (AvgIpc) is 2.70. The lowest BCUT2D eigenvalue weighted by molar-refractivity contribution is 0.650. The van der Waals surface area contributed by atoms with E-state index in [-0.39, 0.29) is 47.5 Å². The molecule has 0 amide bonds. The Morgan fingerprint density at radius 3 is 0.667 bits per heavy atom. The van der Waals surface area contributed by atoms with E-state index >= 15 is 0 Å². The molecule has 0 saturated carbocycles. The fraction of sp³-hybridized carbons (Fsp3) is 1.00. The minimum Gasteiger partial charge on any atom is -0.109 e. The summed E-state index contributed by atoms with van der Waals surface area (Å²) >= 11 is 87.3. The monoisotopic (exact) mass is 840 g/mol. The number of hydrogen-bond donors (Lipinski definition) is 0. The molecule has 0 fully saturated rings. The number of alkyl halides is 18. The van der Waals surface area contributed by atoms with Gasteiger partial charge in [-0.15, -0.1) is 209 Å². The second kappa shape index (κ2) is 108. The standard InChI is InChI=1S/C7H14Cl2.8CH2Cl2/c1-2-3-4-5-6-7(8)9;8*2-1-3/h7H,2-6H2,1H3;8*1H2. The first kappa shape index (κ1) is 62.0. The molecule has 0 aromatic heterocycles. The molecule has 0 aliphatic rings. The molecule has 0 rings (SSSR count). The van der Waals surface area contributed by atoms with Crippen molar-refractivity contribution in [3.05, 3.63) is 0 Å². The van der Waals surface area contributed by atoms with Crippen molar-refractivity contribution >= 4 is 209 Å². The Labute approximate surface area is 291 Å². The van der Waals surface area contributed by atoms with E-state index in [2.05, 4.69) is 6.92 Å². The van der Waals surface area contributed by atoms with Gasteiger partial charge in [0.05, 0.1) is 42.7 Å². The summed E-state index contributed by atoms with van der Waals surface area (Å²) in [5, 5.41) is 1.56. The number of halogens is 18. The molecule has 0 saturated heterocycles. The van der Waals surface area contributed by atoms with E-state index in [1.54, 1.807) is 0 Å². The van der Waals surface area contributed by atoms with Crippen LogP contribution in [-0.4, -0.2) is 47.5 Å². The highest BCUT2D eigenvalue weighted by atomic mass is 35.6. The van der Waals surface area contributed by atoms with Crippen LogP contribution < -0.4 is 0 Å². The second-order valence-corrected chi connectivity index (χ2v) is 10.8. The molecule has 216 valence electrons. The van der Waals surface area contributed by atoms with Gasteiger partial charge in [0.2, 0.25) is 0 Å². The van der Waals surface area contributed by atoms with E-state index in [1.165, 1.54) is 25.7 Å². The van der Waals surface area contributed by atoms with Gasteiger partial charge in [-0.25, -0.2) is 0 Å². The predicted octanol–water partition coefficient (Wildman–Crippen LogP) is 15.1. The summed E-state index contributed by atoms with van der Waals surface area (Å²) in [7, 11) is 0. The van der Waals surface area contributed by atoms with Gasteiger partial charge in [0.25, 0.3) is 0 Å². The summed E-state index contributed by atoms with van der Waals surface area (Å²) in [4.78, 5) is -0.151. The summed E-state index contributed by atoms with van der Waals surface area (Å²) in [6.07, 6.45) is 5.97. The Kier molecular flexibility index (Phi) is 204. The highest BCUT2D eigenvalue weighted by Gasteiger charge is 1.96. The molecule has 0 aromatic carbocycles. The zero-order valence-electron chi connectivity index (χ0n) is 17.6. The Morgan fingerprint density at radius 1 is 0.364 bits per heavy atom. The summed E-state index contributed by atoms with van der Waals surface area (Å²) < 4.78 is 0. The van der Waals surface area contributed by atoms with Gasteiger partial charge < -0.3 is 0 Å². The van der Waals surface area contributed by atoms with Gasteiger partial charge in [0, 0.05) is 0 Å². The molecule has 33 heavy (non-hydrogen) atoms. The SMILES string of the molecule is CCCCCCC(Cl)Cl.ClCCl.ClCCl.ClCCl.ClCCl.ClCCl.ClCCl.ClCCl.ClCCl. The summed E-state index contributed by atoms with van der Waals surface area (Å²) in [5.41, 5.74) is 0. The molecule has 0 radical (unpaired) electrons. The largest absolute Gasteiger partial charge is 0.109 e. The third-order valence-corrected chi connectivity index (χ3v) is 1.71. The summed E-state index contributed by atoms with van der Waals surface area (Å²) in [6, 6.07) is 0. The topological polar surface area (TPSA) is 0 Å². The van der Waals surface area contributed by atoms with Crippen LogP contribution in [0.25, 0.3) is 0 Å². The summed E-state index contributed by atoms with van der Waals surface area (Å²) in [5.74, 6) is 0. The highest BCUT2D eigenvalue weighted by Crippen LogP contribution is 2.12. The fourth-order valence-electron chi connectivity index (χ4n) is 0.725. The van der Waals surface area contributed by atoms with Crippen LogP contribution in [0.3, 0.4) is 0 Å². The fourth-order valence-corrected chi connectivity index (χ4v) is 1.03. The normalized spacial score (nSPS) is 7.27. The maximum atomic E-state index is 5.52. The lowest BCUT2D eigenvalue weighted by Crippen LogP contribution is -1.85. The maximum absolute atomic E-state index is 5.52. The third-order valence-electron chi connectivity index (χ3n) is 1.28. The molecule has 0 unspecified atom stereocenters. The minimum absolute atomic E-state index is 0.151. The van der Waals surface area contributed by atoms with Crippen LogP contribution in [0.1, 0.15) is 39.0 Å². The zero-order chi connectivity index (χ0) is 28.8. The Morgan fingerprint density at radius 2 is 0.545 bits per heavy atom. The smallest absolute Gasteiger partial charge is 0.107 e. The van der Waals surface area contributed by atoms with Crippen molar-refractivity contribution in [1.82, 2.24) is 0 Å². The molecule has 0 atom stereocenters. The van der Waals surface area contributed by atoms with Crippen LogP contribution in [0.15, 0.2) is 0 Å². The first-order valence-electron chi connectivity index (χ1n) is 7.83.